The lowest BCUT2D eigenvalue weighted by molar-refractivity contribution is 0.00578. The molecule has 144 valence electrons. The van der Waals surface area contributed by atoms with Crippen molar-refractivity contribution in [1.29, 1.82) is 0 Å². The van der Waals surface area contributed by atoms with E-state index in [2.05, 4.69) is 0 Å². The van der Waals surface area contributed by atoms with E-state index in [4.69, 9.17) is 14.0 Å². The highest BCUT2D eigenvalue weighted by Crippen LogP contribution is 2.36. The first-order valence-corrected chi connectivity index (χ1v) is 10.3. The van der Waals surface area contributed by atoms with Gasteiger partial charge in [-0.3, -0.25) is 0 Å². The molecule has 0 N–H and O–H groups in total. The molecule has 0 spiro atoms. The van der Waals surface area contributed by atoms with Crippen LogP contribution < -0.4 is 5.46 Å². The van der Waals surface area contributed by atoms with Gasteiger partial charge < -0.3 is 14.0 Å². The number of ether oxygens (including phenoxy) is 1. The summed E-state index contributed by atoms with van der Waals surface area (Å²) >= 11 is 0. The molecule has 26 heavy (non-hydrogen) atoms. The molecule has 0 saturated carbocycles. The first kappa shape index (κ1) is 20.9. The molecule has 0 bridgehead atoms. The normalized spacial score (nSPS) is 19.5. The van der Waals surface area contributed by atoms with Gasteiger partial charge in [-0.15, -0.1) is 0 Å². The molecule has 0 atom stereocenters. The van der Waals surface area contributed by atoms with E-state index in [1.54, 1.807) is 26.8 Å². The maximum absolute atomic E-state index is 12.5. The Kier molecular flexibility index (Phi) is 5.12. The van der Waals surface area contributed by atoms with Gasteiger partial charge in [0.15, 0.2) is 9.84 Å². The Morgan fingerprint density at radius 2 is 1.54 bits per heavy atom. The van der Waals surface area contributed by atoms with Crippen LogP contribution in [0.4, 0.5) is 0 Å². The summed E-state index contributed by atoms with van der Waals surface area (Å²) in [7, 11) is -4.31. The van der Waals surface area contributed by atoms with Crippen LogP contribution in [-0.2, 0) is 23.9 Å². The number of carbonyl (C=O) groups excluding carboxylic acids is 1. The van der Waals surface area contributed by atoms with Crippen LogP contribution in [0.3, 0.4) is 0 Å². The summed E-state index contributed by atoms with van der Waals surface area (Å²) in [6.07, 6.45) is 1.09. The molecule has 0 radical (unpaired) electrons. The Balaban J connectivity index is 2.51. The molecule has 0 aromatic heterocycles. The van der Waals surface area contributed by atoms with Crippen LogP contribution in [0.2, 0.25) is 0 Å². The molecule has 1 aliphatic heterocycles. The van der Waals surface area contributed by atoms with Crippen LogP contribution >= 0.6 is 0 Å². The fourth-order valence-electron chi connectivity index (χ4n) is 2.41. The van der Waals surface area contributed by atoms with Gasteiger partial charge in [-0.25, -0.2) is 13.2 Å². The number of sulfone groups is 1. The number of hydrogen-bond acceptors (Lipinski definition) is 6. The minimum Gasteiger partial charge on any atom is -0.456 e. The molecule has 1 fully saturated rings. The molecular weight excluding hydrogens is 355 g/mol. The van der Waals surface area contributed by atoms with Crippen LogP contribution in [0.5, 0.6) is 0 Å². The molecule has 1 heterocycles. The standard InChI is InChI=1S/C18H27BO6S/c1-16(2,3)23-15(20)12-9-13(11-14(10-12)26(8,21)22)19-24-17(4,5)18(6,7)25-19/h9-11H,1-8H3. The van der Waals surface area contributed by atoms with Gasteiger partial charge in [0.05, 0.1) is 21.7 Å². The van der Waals surface area contributed by atoms with Gasteiger partial charge in [-0.05, 0) is 72.1 Å². The molecule has 1 aliphatic rings. The zero-order valence-electron chi connectivity index (χ0n) is 16.7. The summed E-state index contributed by atoms with van der Waals surface area (Å²) in [4.78, 5) is 12.5. The highest BCUT2D eigenvalue weighted by atomic mass is 32.2. The maximum atomic E-state index is 12.5. The van der Waals surface area contributed by atoms with E-state index >= 15 is 0 Å². The predicted octanol–water partition coefficient (Wildman–Crippen LogP) is 2.34. The predicted molar refractivity (Wildman–Crippen MR) is 100 cm³/mol. The number of hydrogen-bond donors (Lipinski definition) is 0. The van der Waals surface area contributed by atoms with Crippen molar-refractivity contribution in [1.82, 2.24) is 0 Å². The van der Waals surface area contributed by atoms with Crippen molar-refractivity contribution in [2.45, 2.75) is 70.2 Å². The highest BCUT2D eigenvalue weighted by Gasteiger charge is 2.52. The van der Waals surface area contributed by atoms with Gasteiger partial charge in [0.25, 0.3) is 0 Å². The Morgan fingerprint density at radius 1 is 1.04 bits per heavy atom. The quantitative estimate of drug-likeness (QED) is 0.590. The van der Waals surface area contributed by atoms with E-state index in [0.29, 0.717) is 5.46 Å². The molecule has 0 unspecified atom stereocenters. The fourth-order valence-corrected chi connectivity index (χ4v) is 3.10. The van der Waals surface area contributed by atoms with Crippen molar-refractivity contribution in [3.63, 3.8) is 0 Å². The zero-order valence-corrected chi connectivity index (χ0v) is 17.5. The lowest BCUT2D eigenvalue weighted by atomic mass is 9.78. The van der Waals surface area contributed by atoms with Crippen LogP contribution in [0, 0.1) is 0 Å². The van der Waals surface area contributed by atoms with Crippen molar-refractivity contribution in [3.05, 3.63) is 23.8 Å². The molecule has 2 rings (SSSR count). The van der Waals surface area contributed by atoms with Gasteiger partial charge in [-0.1, -0.05) is 0 Å². The molecule has 0 amide bonds. The van der Waals surface area contributed by atoms with E-state index in [1.165, 1.54) is 12.1 Å². The van der Waals surface area contributed by atoms with E-state index in [-0.39, 0.29) is 10.5 Å². The van der Waals surface area contributed by atoms with Gasteiger partial charge in [0.2, 0.25) is 0 Å². The zero-order chi connectivity index (χ0) is 20.1. The summed E-state index contributed by atoms with van der Waals surface area (Å²) in [5.41, 5.74) is -1.24. The van der Waals surface area contributed by atoms with Crippen molar-refractivity contribution >= 4 is 28.4 Å². The second-order valence-electron chi connectivity index (χ2n) is 8.65. The van der Waals surface area contributed by atoms with Crippen LogP contribution in [0.25, 0.3) is 0 Å². The monoisotopic (exact) mass is 382 g/mol. The van der Waals surface area contributed by atoms with E-state index in [1.807, 2.05) is 27.7 Å². The third-order valence-electron chi connectivity index (χ3n) is 4.52. The minimum absolute atomic E-state index is 0.0190. The molecule has 8 heteroatoms. The maximum Gasteiger partial charge on any atom is 0.494 e. The topological polar surface area (TPSA) is 78.9 Å². The average molecular weight is 382 g/mol. The number of esters is 1. The molecule has 6 nitrogen and oxygen atoms in total. The largest absolute Gasteiger partial charge is 0.494 e. The molecule has 1 aromatic carbocycles. The smallest absolute Gasteiger partial charge is 0.456 e. The number of carbonyl (C=O) groups is 1. The molecular formula is C18H27BO6S. The summed E-state index contributed by atoms with van der Waals surface area (Å²) < 4.78 is 41.5. The molecule has 1 aromatic rings. The summed E-state index contributed by atoms with van der Waals surface area (Å²) in [6, 6.07) is 4.36. The third kappa shape index (κ3) is 4.47. The van der Waals surface area contributed by atoms with E-state index in [9.17, 15) is 13.2 Å². The van der Waals surface area contributed by atoms with Crippen molar-refractivity contribution in [2.24, 2.45) is 0 Å². The lowest BCUT2D eigenvalue weighted by Crippen LogP contribution is -2.41. The lowest BCUT2D eigenvalue weighted by Gasteiger charge is -2.32. The number of rotatable bonds is 3. The van der Waals surface area contributed by atoms with Crippen LogP contribution in [0.1, 0.15) is 58.8 Å². The first-order chi connectivity index (χ1) is 11.5. The minimum atomic E-state index is -3.53. The van der Waals surface area contributed by atoms with Crippen molar-refractivity contribution < 1.29 is 27.3 Å². The summed E-state index contributed by atoms with van der Waals surface area (Å²) in [6.45, 7) is 12.9. The second-order valence-corrected chi connectivity index (χ2v) is 10.7. The Morgan fingerprint density at radius 3 is 1.96 bits per heavy atom. The second kappa shape index (κ2) is 6.35. The van der Waals surface area contributed by atoms with Crippen LogP contribution in [0.15, 0.2) is 23.1 Å². The fraction of sp³-hybridized carbons (Fsp3) is 0.611. The van der Waals surface area contributed by atoms with E-state index in [0.717, 1.165) is 6.26 Å². The van der Waals surface area contributed by atoms with Gasteiger partial charge in [0, 0.05) is 6.26 Å². The Bertz CT molecular complexity index is 805. The summed E-state index contributed by atoms with van der Waals surface area (Å²) in [5, 5.41) is 0. The molecule has 1 saturated heterocycles. The Hall–Kier alpha value is -1.38. The SMILES string of the molecule is CC(C)(C)OC(=O)c1cc(B2OC(C)(C)C(C)(C)O2)cc(S(C)(=O)=O)c1. The summed E-state index contributed by atoms with van der Waals surface area (Å²) in [5.74, 6) is -0.597. The van der Waals surface area contributed by atoms with Crippen LogP contribution in [-0.4, -0.2) is 44.6 Å². The number of benzene rings is 1. The van der Waals surface area contributed by atoms with Gasteiger partial charge in [0.1, 0.15) is 5.60 Å². The average Bonchev–Trinajstić information content (AvgIpc) is 2.64. The molecule has 0 aliphatic carbocycles. The first-order valence-electron chi connectivity index (χ1n) is 8.46. The van der Waals surface area contributed by atoms with E-state index < -0.39 is 39.7 Å². The van der Waals surface area contributed by atoms with Gasteiger partial charge >= 0.3 is 13.1 Å². The Labute approximate surface area is 156 Å². The van der Waals surface area contributed by atoms with Crippen molar-refractivity contribution in [3.8, 4) is 0 Å². The highest BCUT2D eigenvalue weighted by molar-refractivity contribution is 7.90. The van der Waals surface area contributed by atoms with Crippen molar-refractivity contribution in [2.75, 3.05) is 6.26 Å². The third-order valence-corrected chi connectivity index (χ3v) is 5.61. The van der Waals surface area contributed by atoms with Gasteiger partial charge in [-0.2, -0.15) is 0 Å².